The van der Waals surface area contributed by atoms with Gasteiger partial charge in [-0.05, 0) is 25.5 Å². The normalized spacial score (nSPS) is 8.70. The summed E-state index contributed by atoms with van der Waals surface area (Å²) in [6.45, 7) is 4.15. The van der Waals surface area contributed by atoms with E-state index in [1.54, 1.807) is 0 Å². The fourth-order valence-corrected chi connectivity index (χ4v) is 0.944. The number of hydrogen-bond donors (Lipinski definition) is 1. The third-order valence-electron chi connectivity index (χ3n) is 1.35. The predicted octanol–water partition coefficient (Wildman–Crippen LogP) is 1.68. The molecular weight excluding hydrogens is 168 g/mol. The number of rotatable bonds is 0. The number of hydrogen-bond acceptors (Lipinski definition) is 1. The Labute approximate surface area is 97.4 Å². The van der Waals surface area contributed by atoms with E-state index in [9.17, 15) is 0 Å². The molecule has 0 aromatic heterocycles. The van der Waals surface area contributed by atoms with Crippen molar-refractivity contribution in [2.45, 2.75) is 18.7 Å². The van der Waals surface area contributed by atoms with Crippen molar-refractivity contribution in [2.75, 3.05) is 0 Å². The van der Waals surface area contributed by atoms with Gasteiger partial charge in [0.1, 0.15) is 0 Å². The molecule has 2 heteroatoms. The average Bonchev–Trinajstić information content (AvgIpc) is 1.80. The Bertz CT molecular complexity index is 220. The van der Waals surface area contributed by atoms with E-state index >= 15 is 0 Å². The second-order valence-electron chi connectivity index (χ2n) is 2.29. The predicted molar refractivity (Wildman–Crippen MR) is 51.7 cm³/mol. The van der Waals surface area contributed by atoms with Crippen molar-refractivity contribution in [3.05, 3.63) is 29.3 Å². The van der Waals surface area contributed by atoms with E-state index in [1.807, 2.05) is 6.07 Å². The van der Waals surface area contributed by atoms with Gasteiger partial charge >= 0.3 is 37.7 Å². The molecule has 0 unspecified atom stereocenters. The Morgan fingerprint density at radius 2 is 1.80 bits per heavy atom. The molecule has 0 heterocycles. The van der Waals surface area contributed by atoms with Gasteiger partial charge in [0, 0.05) is 4.90 Å². The van der Waals surface area contributed by atoms with Gasteiger partial charge in [-0.3, -0.25) is 0 Å². The minimum atomic E-state index is 0. The van der Waals surface area contributed by atoms with Gasteiger partial charge in [0.25, 0.3) is 0 Å². The van der Waals surface area contributed by atoms with E-state index in [0.29, 0.717) is 0 Å². The molecule has 52 valence electrons. The van der Waals surface area contributed by atoms with Crippen LogP contribution in [-0.2, 0) is 0 Å². The third-order valence-corrected chi connectivity index (χ3v) is 1.85. The van der Waals surface area contributed by atoms with Crippen molar-refractivity contribution in [1.82, 2.24) is 0 Å². The van der Waals surface area contributed by atoms with Gasteiger partial charge in [0.2, 0.25) is 0 Å². The summed E-state index contributed by atoms with van der Waals surface area (Å²) in [4.78, 5) is 1.07. The molecule has 0 amide bonds. The molecule has 0 radical (unpaired) electrons. The van der Waals surface area contributed by atoms with E-state index in [0.717, 1.165) is 4.90 Å². The van der Waals surface area contributed by atoms with Gasteiger partial charge in [-0.15, -0.1) is 12.6 Å². The minimum absolute atomic E-state index is 0. The summed E-state index contributed by atoms with van der Waals surface area (Å²) in [7, 11) is 0. The summed E-state index contributed by atoms with van der Waals surface area (Å²) in [5.41, 5.74) is 2.55. The molecule has 0 aliphatic rings. The molecule has 0 atom stereocenters. The maximum atomic E-state index is 4.25. The molecule has 1 rings (SSSR count). The van der Waals surface area contributed by atoms with E-state index in [-0.39, 0.29) is 37.7 Å². The number of aryl methyl sites for hydroxylation is 2. The molecule has 0 N–H and O–H groups in total. The summed E-state index contributed by atoms with van der Waals surface area (Å²) >= 11 is 4.25. The van der Waals surface area contributed by atoms with Crippen LogP contribution in [0.3, 0.4) is 0 Å². The fourth-order valence-electron chi connectivity index (χ4n) is 0.805. The van der Waals surface area contributed by atoms with Crippen molar-refractivity contribution in [1.29, 1.82) is 0 Å². The molecule has 0 spiro atoms. The monoisotopic (exact) mass is 180 g/mol. The van der Waals surface area contributed by atoms with Gasteiger partial charge < -0.3 is 0 Å². The van der Waals surface area contributed by atoms with Crippen molar-refractivity contribution in [2.24, 2.45) is 0 Å². The molecular formula is C8H12CaS. The van der Waals surface area contributed by atoms with Crippen LogP contribution < -0.4 is 0 Å². The fraction of sp³-hybridized carbons (Fsp3) is 0.250. The van der Waals surface area contributed by atoms with Gasteiger partial charge in [0.15, 0.2) is 0 Å². The van der Waals surface area contributed by atoms with Crippen molar-refractivity contribution < 1.29 is 0 Å². The summed E-state index contributed by atoms with van der Waals surface area (Å²) in [6.07, 6.45) is 0. The Kier molecular flexibility index (Phi) is 5.04. The van der Waals surface area contributed by atoms with Crippen LogP contribution >= 0.6 is 12.6 Å². The van der Waals surface area contributed by atoms with Crippen molar-refractivity contribution in [3.8, 4) is 0 Å². The molecule has 0 aliphatic heterocycles. The van der Waals surface area contributed by atoms with Crippen LogP contribution in [0.5, 0.6) is 0 Å². The molecule has 0 saturated carbocycles. The molecule has 0 bridgehead atoms. The first kappa shape index (κ1) is 10.8. The standard InChI is InChI=1S/C8H10S.Ca.2H/c1-6-3-4-8(9)7(2)5-6;;;/h3-5,9H,1-2H3;;;. The van der Waals surface area contributed by atoms with Crippen LogP contribution in [0.2, 0.25) is 0 Å². The Morgan fingerprint density at radius 3 is 2.20 bits per heavy atom. The maximum absolute atomic E-state index is 4.25. The number of benzene rings is 1. The van der Waals surface area contributed by atoms with Gasteiger partial charge in [-0.25, -0.2) is 0 Å². The van der Waals surface area contributed by atoms with Crippen LogP contribution in [-0.4, -0.2) is 37.7 Å². The molecule has 0 nitrogen and oxygen atoms in total. The first-order chi connectivity index (χ1) is 4.20. The summed E-state index contributed by atoms with van der Waals surface area (Å²) in [6, 6.07) is 6.21. The van der Waals surface area contributed by atoms with E-state index in [4.69, 9.17) is 0 Å². The summed E-state index contributed by atoms with van der Waals surface area (Å²) in [5.74, 6) is 0. The molecule has 0 saturated heterocycles. The molecule has 1 aromatic rings. The molecule has 10 heavy (non-hydrogen) atoms. The van der Waals surface area contributed by atoms with Gasteiger partial charge in [-0.1, -0.05) is 17.7 Å². The van der Waals surface area contributed by atoms with E-state index < -0.39 is 0 Å². The van der Waals surface area contributed by atoms with Gasteiger partial charge in [0.05, 0.1) is 0 Å². The van der Waals surface area contributed by atoms with Crippen LogP contribution in [0.1, 0.15) is 11.1 Å². The molecule has 1 aromatic carbocycles. The quantitative estimate of drug-likeness (QED) is 0.456. The SMILES string of the molecule is Cc1ccc(S)c(C)c1.[CaH2]. The van der Waals surface area contributed by atoms with Crippen molar-refractivity contribution in [3.63, 3.8) is 0 Å². The van der Waals surface area contributed by atoms with E-state index in [2.05, 4.69) is 38.6 Å². The summed E-state index contributed by atoms with van der Waals surface area (Å²) < 4.78 is 0. The number of thiol groups is 1. The Morgan fingerprint density at radius 1 is 1.20 bits per heavy atom. The van der Waals surface area contributed by atoms with Crippen LogP contribution in [0, 0.1) is 13.8 Å². The van der Waals surface area contributed by atoms with Gasteiger partial charge in [-0.2, -0.15) is 0 Å². The molecule has 0 aliphatic carbocycles. The Hall–Kier alpha value is 0.830. The first-order valence-corrected chi connectivity index (χ1v) is 3.41. The first-order valence-electron chi connectivity index (χ1n) is 2.96. The van der Waals surface area contributed by atoms with Crippen LogP contribution in [0.15, 0.2) is 23.1 Å². The summed E-state index contributed by atoms with van der Waals surface area (Å²) in [5, 5.41) is 0. The average molecular weight is 180 g/mol. The zero-order valence-corrected chi connectivity index (χ0v) is 6.57. The van der Waals surface area contributed by atoms with E-state index in [1.165, 1.54) is 11.1 Å². The second-order valence-corrected chi connectivity index (χ2v) is 2.77. The topological polar surface area (TPSA) is 0 Å². The van der Waals surface area contributed by atoms with Crippen LogP contribution in [0.4, 0.5) is 0 Å². The van der Waals surface area contributed by atoms with Crippen molar-refractivity contribution >= 4 is 50.4 Å². The molecule has 0 fully saturated rings. The zero-order valence-electron chi connectivity index (χ0n) is 5.68. The van der Waals surface area contributed by atoms with Crippen LogP contribution in [0.25, 0.3) is 0 Å². The second kappa shape index (κ2) is 4.66. The Balaban J connectivity index is 0.000000810. The third kappa shape index (κ3) is 2.83. The zero-order chi connectivity index (χ0) is 6.85.